The van der Waals surface area contributed by atoms with Gasteiger partial charge in [-0.1, -0.05) is 0 Å². The number of H-pyrrole nitrogens is 1. The second kappa shape index (κ2) is 4.22. The molecule has 0 aliphatic rings. The average molecular weight is 187 g/mol. The van der Waals surface area contributed by atoms with Gasteiger partial charge < -0.3 is 20.6 Å². The minimum Gasteiger partial charge on any atom is -0.394 e. The maximum Gasteiger partial charge on any atom is 0.107 e. The number of aromatic nitrogens is 2. The molecule has 0 bridgehead atoms. The van der Waals surface area contributed by atoms with E-state index in [1.54, 1.807) is 6.20 Å². The number of hydrogen-bond acceptors (Lipinski definition) is 5. The van der Waals surface area contributed by atoms with Crippen molar-refractivity contribution >= 4 is 5.69 Å². The van der Waals surface area contributed by atoms with Crippen LogP contribution in [-0.4, -0.2) is 50.9 Å². The van der Waals surface area contributed by atoms with Crippen molar-refractivity contribution in [1.82, 2.24) is 10.2 Å². The van der Waals surface area contributed by atoms with E-state index in [0.717, 1.165) is 0 Å². The van der Waals surface area contributed by atoms with Gasteiger partial charge in [0.2, 0.25) is 0 Å². The van der Waals surface area contributed by atoms with Crippen molar-refractivity contribution in [1.29, 1.82) is 0 Å². The predicted octanol–water partition coefficient (Wildman–Crippen LogP) is -1.46. The van der Waals surface area contributed by atoms with E-state index >= 15 is 0 Å². The third kappa shape index (κ3) is 2.18. The maximum absolute atomic E-state index is 8.96. The zero-order valence-electron chi connectivity index (χ0n) is 7.06. The summed E-state index contributed by atoms with van der Waals surface area (Å²) in [4.78, 5) is 0. The molecule has 0 aliphatic carbocycles. The lowest BCUT2D eigenvalue weighted by Gasteiger charge is -2.28. The van der Waals surface area contributed by atoms with Crippen LogP contribution >= 0.6 is 0 Å². The van der Waals surface area contributed by atoms with Crippen LogP contribution in [0.4, 0.5) is 5.69 Å². The molecule has 6 heteroatoms. The van der Waals surface area contributed by atoms with Gasteiger partial charge in [-0.2, -0.15) is 5.10 Å². The van der Waals surface area contributed by atoms with Crippen molar-refractivity contribution in [2.24, 2.45) is 0 Å². The van der Waals surface area contributed by atoms with Gasteiger partial charge in [-0.25, -0.2) is 0 Å². The molecule has 0 aromatic carbocycles. The van der Waals surface area contributed by atoms with E-state index in [1.807, 2.05) is 0 Å². The van der Waals surface area contributed by atoms with Crippen LogP contribution in [-0.2, 0) is 0 Å². The second-order valence-corrected chi connectivity index (χ2v) is 2.87. The van der Waals surface area contributed by atoms with Crippen molar-refractivity contribution in [3.05, 3.63) is 12.4 Å². The minimum absolute atomic E-state index is 0.356. The molecule has 1 heterocycles. The van der Waals surface area contributed by atoms with E-state index in [2.05, 4.69) is 15.5 Å². The lowest BCUT2D eigenvalue weighted by Crippen LogP contribution is -2.49. The summed E-state index contributed by atoms with van der Waals surface area (Å²) >= 11 is 0. The number of aliphatic hydroxyl groups is 3. The SMILES string of the molecule is OCC(CO)(CO)Nc1cn[nH]c1. The zero-order chi connectivity index (χ0) is 9.73. The first kappa shape index (κ1) is 9.97. The lowest BCUT2D eigenvalue weighted by atomic mass is 10.0. The van der Waals surface area contributed by atoms with E-state index < -0.39 is 5.54 Å². The van der Waals surface area contributed by atoms with Crippen molar-refractivity contribution in [3.8, 4) is 0 Å². The Morgan fingerprint density at radius 3 is 2.31 bits per heavy atom. The highest BCUT2D eigenvalue weighted by Gasteiger charge is 2.27. The summed E-state index contributed by atoms with van der Waals surface area (Å²) in [5.74, 6) is 0. The van der Waals surface area contributed by atoms with Gasteiger partial charge in [-0.3, -0.25) is 5.10 Å². The van der Waals surface area contributed by atoms with Gasteiger partial charge in [0, 0.05) is 6.20 Å². The Hall–Kier alpha value is -1.11. The number of aliphatic hydroxyl groups excluding tert-OH is 3. The van der Waals surface area contributed by atoms with Crippen LogP contribution in [0.2, 0.25) is 0 Å². The first-order valence-corrected chi connectivity index (χ1v) is 3.86. The van der Waals surface area contributed by atoms with Gasteiger partial charge in [0.1, 0.15) is 5.54 Å². The molecule has 0 aliphatic heterocycles. The van der Waals surface area contributed by atoms with Crippen LogP contribution in [0.3, 0.4) is 0 Å². The standard InChI is InChI=1S/C7H13N3O3/c11-3-7(4-12,5-13)10-6-1-8-9-2-6/h1-2,10-13H,3-5H2,(H,8,9). The van der Waals surface area contributed by atoms with Crippen molar-refractivity contribution in [2.45, 2.75) is 5.54 Å². The summed E-state index contributed by atoms with van der Waals surface area (Å²) in [6, 6.07) is 0. The smallest absolute Gasteiger partial charge is 0.107 e. The Bertz CT molecular complexity index is 225. The van der Waals surface area contributed by atoms with E-state index in [-0.39, 0.29) is 19.8 Å². The number of nitrogens with one attached hydrogen (secondary N) is 2. The minimum atomic E-state index is -1.09. The number of nitrogens with zero attached hydrogens (tertiary/aromatic N) is 1. The van der Waals surface area contributed by atoms with E-state index in [0.29, 0.717) is 5.69 Å². The monoisotopic (exact) mass is 187 g/mol. The van der Waals surface area contributed by atoms with Crippen molar-refractivity contribution in [3.63, 3.8) is 0 Å². The van der Waals surface area contributed by atoms with Gasteiger partial charge in [0.15, 0.2) is 0 Å². The largest absolute Gasteiger partial charge is 0.394 e. The lowest BCUT2D eigenvalue weighted by molar-refractivity contribution is 0.0834. The molecule has 0 amide bonds. The molecule has 13 heavy (non-hydrogen) atoms. The molecular formula is C7H13N3O3. The topological polar surface area (TPSA) is 101 Å². The number of rotatable bonds is 5. The third-order valence-corrected chi connectivity index (χ3v) is 1.82. The summed E-state index contributed by atoms with van der Waals surface area (Å²) in [5.41, 5.74) is -0.485. The van der Waals surface area contributed by atoms with Gasteiger partial charge in [-0.15, -0.1) is 0 Å². The molecule has 6 nitrogen and oxygen atoms in total. The molecule has 1 aromatic rings. The Morgan fingerprint density at radius 2 is 1.92 bits per heavy atom. The molecule has 5 N–H and O–H groups in total. The van der Waals surface area contributed by atoms with Crippen LogP contribution in [0.1, 0.15) is 0 Å². The highest BCUT2D eigenvalue weighted by molar-refractivity contribution is 5.41. The number of hydrogen-bond donors (Lipinski definition) is 5. The molecule has 0 spiro atoms. The first-order valence-electron chi connectivity index (χ1n) is 3.86. The van der Waals surface area contributed by atoms with Crippen LogP contribution in [0.5, 0.6) is 0 Å². The Balaban J connectivity index is 2.67. The van der Waals surface area contributed by atoms with Gasteiger partial charge in [0.25, 0.3) is 0 Å². The van der Waals surface area contributed by atoms with Crippen LogP contribution in [0.15, 0.2) is 12.4 Å². The quantitative estimate of drug-likeness (QED) is 0.387. The Labute approximate surface area is 75.2 Å². The Morgan fingerprint density at radius 1 is 1.31 bits per heavy atom. The molecule has 0 saturated heterocycles. The molecule has 74 valence electrons. The summed E-state index contributed by atoms with van der Waals surface area (Å²) in [5, 5.41) is 35.9. The summed E-state index contributed by atoms with van der Waals surface area (Å²) < 4.78 is 0. The van der Waals surface area contributed by atoms with Gasteiger partial charge >= 0.3 is 0 Å². The van der Waals surface area contributed by atoms with Crippen LogP contribution < -0.4 is 5.32 Å². The molecular weight excluding hydrogens is 174 g/mol. The highest BCUT2D eigenvalue weighted by Crippen LogP contribution is 2.12. The summed E-state index contributed by atoms with van der Waals surface area (Å²) in [6.07, 6.45) is 3.06. The fraction of sp³-hybridized carbons (Fsp3) is 0.571. The second-order valence-electron chi connectivity index (χ2n) is 2.87. The Kier molecular flexibility index (Phi) is 3.24. The maximum atomic E-state index is 8.96. The molecule has 0 unspecified atom stereocenters. The van der Waals surface area contributed by atoms with Crippen LogP contribution in [0, 0.1) is 0 Å². The fourth-order valence-corrected chi connectivity index (χ4v) is 0.894. The predicted molar refractivity (Wildman–Crippen MR) is 46.2 cm³/mol. The average Bonchev–Trinajstić information content (AvgIpc) is 2.67. The molecule has 0 saturated carbocycles. The molecule has 0 atom stereocenters. The zero-order valence-corrected chi connectivity index (χ0v) is 7.06. The van der Waals surface area contributed by atoms with Crippen molar-refractivity contribution < 1.29 is 15.3 Å². The third-order valence-electron chi connectivity index (χ3n) is 1.82. The van der Waals surface area contributed by atoms with E-state index in [1.165, 1.54) is 6.20 Å². The van der Waals surface area contributed by atoms with E-state index in [4.69, 9.17) is 15.3 Å². The number of aromatic amines is 1. The molecule has 1 rings (SSSR count). The van der Waals surface area contributed by atoms with Crippen LogP contribution in [0.25, 0.3) is 0 Å². The van der Waals surface area contributed by atoms with Crippen molar-refractivity contribution in [2.75, 3.05) is 25.1 Å². The normalized spacial score (nSPS) is 11.6. The fourth-order valence-electron chi connectivity index (χ4n) is 0.894. The first-order chi connectivity index (χ1) is 6.26. The highest BCUT2D eigenvalue weighted by atomic mass is 16.3. The van der Waals surface area contributed by atoms with Gasteiger partial charge in [0.05, 0.1) is 31.7 Å². The van der Waals surface area contributed by atoms with Gasteiger partial charge in [-0.05, 0) is 0 Å². The molecule has 1 aromatic heterocycles. The molecule has 0 fully saturated rings. The summed E-state index contributed by atoms with van der Waals surface area (Å²) in [7, 11) is 0. The molecule has 0 radical (unpaired) electrons. The summed E-state index contributed by atoms with van der Waals surface area (Å²) in [6.45, 7) is -1.07. The van der Waals surface area contributed by atoms with E-state index in [9.17, 15) is 0 Å². The number of anilines is 1.